The quantitative estimate of drug-likeness (QED) is 0.773. The molecule has 0 saturated carbocycles. The maximum Gasteiger partial charge on any atom is 0.105 e. The van der Waals surface area contributed by atoms with E-state index in [9.17, 15) is 0 Å². The topological polar surface area (TPSA) is 46.8 Å². The van der Waals surface area contributed by atoms with Gasteiger partial charge < -0.3 is 9.47 Å². The normalized spacial score (nSPS) is 12.8. The Balaban J connectivity index is 1.74. The first-order chi connectivity index (χ1) is 9.66. The van der Waals surface area contributed by atoms with Gasteiger partial charge in [-0.1, -0.05) is 0 Å². The van der Waals surface area contributed by atoms with E-state index in [1.54, 1.807) is 12.4 Å². The minimum absolute atomic E-state index is 0.468. The van der Waals surface area contributed by atoms with Crippen LogP contribution in [0, 0.1) is 6.92 Å². The zero-order valence-electron chi connectivity index (χ0n) is 12.5. The lowest BCUT2D eigenvalue weighted by molar-refractivity contribution is 0.247. The van der Waals surface area contributed by atoms with Crippen LogP contribution in [0.15, 0.2) is 31.0 Å². The Kier molecular flexibility index (Phi) is 5.24. The van der Waals surface area contributed by atoms with Gasteiger partial charge in [0.2, 0.25) is 0 Å². The monoisotopic (exact) mass is 273 g/mol. The van der Waals surface area contributed by atoms with Gasteiger partial charge in [-0.25, -0.2) is 4.98 Å². The van der Waals surface area contributed by atoms with E-state index >= 15 is 0 Å². The van der Waals surface area contributed by atoms with Crippen LogP contribution in [-0.2, 0) is 13.0 Å². The summed E-state index contributed by atoms with van der Waals surface area (Å²) in [6, 6.07) is 0.468. The van der Waals surface area contributed by atoms with Crippen molar-refractivity contribution < 1.29 is 0 Å². The molecule has 20 heavy (non-hydrogen) atoms. The maximum atomic E-state index is 4.33. The van der Waals surface area contributed by atoms with Gasteiger partial charge in [0.25, 0.3) is 0 Å². The molecular weight excluding hydrogens is 250 g/mol. The van der Waals surface area contributed by atoms with Crippen LogP contribution in [0.2, 0.25) is 0 Å². The summed E-state index contributed by atoms with van der Waals surface area (Å²) in [6.07, 6.45) is 11.3. The van der Waals surface area contributed by atoms with Crippen LogP contribution in [0.1, 0.15) is 24.9 Å². The van der Waals surface area contributed by atoms with Gasteiger partial charge in [-0.05, 0) is 33.9 Å². The van der Waals surface area contributed by atoms with Crippen LogP contribution in [0.4, 0.5) is 0 Å². The number of aryl methyl sites for hydroxylation is 2. The summed E-state index contributed by atoms with van der Waals surface area (Å²) in [5, 5.41) is 0. The Bertz CT molecular complexity index is 508. The van der Waals surface area contributed by atoms with E-state index in [1.807, 2.05) is 25.5 Å². The first-order valence-corrected chi connectivity index (χ1v) is 7.09. The molecule has 0 saturated heterocycles. The minimum atomic E-state index is 0.468. The second-order valence-electron chi connectivity index (χ2n) is 5.25. The highest BCUT2D eigenvalue weighted by atomic mass is 15.1. The Morgan fingerprint density at radius 3 is 2.75 bits per heavy atom. The molecule has 0 radical (unpaired) electrons. The zero-order chi connectivity index (χ0) is 14.4. The van der Waals surface area contributed by atoms with Gasteiger partial charge in [0.15, 0.2) is 0 Å². The zero-order valence-corrected chi connectivity index (χ0v) is 12.5. The summed E-state index contributed by atoms with van der Waals surface area (Å²) in [7, 11) is 2.17. The third kappa shape index (κ3) is 4.13. The van der Waals surface area contributed by atoms with Crippen LogP contribution >= 0.6 is 0 Å². The van der Waals surface area contributed by atoms with Crippen LogP contribution < -0.4 is 0 Å². The Morgan fingerprint density at radius 1 is 1.25 bits per heavy atom. The van der Waals surface area contributed by atoms with Gasteiger partial charge in [-0.3, -0.25) is 9.97 Å². The third-order valence-corrected chi connectivity index (χ3v) is 3.71. The molecule has 0 aromatic carbocycles. The predicted octanol–water partition coefficient (Wildman–Crippen LogP) is 1.93. The average molecular weight is 273 g/mol. The molecule has 2 aromatic rings. The fourth-order valence-corrected chi connectivity index (χ4v) is 2.24. The van der Waals surface area contributed by atoms with E-state index in [1.165, 1.54) is 0 Å². The lowest BCUT2D eigenvalue weighted by Gasteiger charge is -2.24. The molecule has 5 heteroatoms. The molecule has 0 bridgehead atoms. The summed E-state index contributed by atoms with van der Waals surface area (Å²) >= 11 is 0. The molecule has 2 heterocycles. The molecule has 0 aliphatic rings. The molecule has 2 rings (SSSR count). The van der Waals surface area contributed by atoms with E-state index in [2.05, 4.69) is 38.4 Å². The van der Waals surface area contributed by atoms with Crippen LogP contribution in [0.3, 0.4) is 0 Å². The summed E-state index contributed by atoms with van der Waals surface area (Å²) < 4.78 is 2.20. The van der Waals surface area contributed by atoms with E-state index < -0.39 is 0 Å². The average Bonchev–Trinajstić information content (AvgIpc) is 2.85. The molecule has 2 aromatic heterocycles. The molecule has 0 N–H and O–H groups in total. The van der Waals surface area contributed by atoms with Gasteiger partial charge in [-0.2, -0.15) is 0 Å². The highest BCUT2D eigenvalue weighted by molar-refractivity contribution is 4.97. The molecule has 0 aliphatic carbocycles. The molecule has 0 fully saturated rings. The molecule has 0 aliphatic heterocycles. The Morgan fingerprint density at radius 2 is 2.10 bits per heavy atom. The maximum absolute atomic E-state index is 4.33. The van der Waals surface area contributed by atoms with Crippen molar-refractivity contribution in [3.63, 3.8) is 0 Å². The first-order valence-electron chi connectivity index (χ1n) is 7.09. The standard InChI is InChI=1S/C15H23N5/c1-13(11-15-12-16-5-6-18-15)19(3)8-4-9-20-10-7-17-14(20)2/h5-7,10,12-13H,4,8-9,11H2,1-3H3. The van der Waals surface area contributed by atoms with Gasteiger partial charge >= 0.3 is 0 Å². The fourth-order valence-electron chi connectivity index (χ4n) is 2.24. The van der Waals surface area contributed by atoms with Crippen molar-refractivity contribution in [1.29, 1.82) is 0 Å². The number of nitrogens with zero attached hydrogens (tertiary/aromatic N) is 5. The summed E-state index contributed by atoms with van der Waals surface area (Å²) in [5.74, 6) is 1.08. The number of likely N-dealkylation sites (N-methyl/N-ethyl adjacent to an activating group) is 1. The second kappa shape index (κ2) is 7.14. The Labute approximate surface area is 120 Å². The number of imidazole rings is 1. The Hall–Kier alpha value is -1.75. The first kappa shape index (κ1) is 14.7. The largest absolute Gasteiger partial charge is 0.335 e. The SMILES string of the molecule is Cc1nccn1CCCN(C)C(C)Cc1cnccn1. The van der Waals surface area contributed by atoms with Crippen molar-refractivity contribution in [1.82, 2.24) is 24.4 Å². The van der Waals surface area contributed by atoms with Crippen molar-refractivity contribution in [2.45, 2.75) is 39.3 Å². The summed E-state index contributed by atoms with van der Waals surface area (Å²) in [4.78, 5) is 15.1. The van der Waals surface area contributed by atoms with E-state index in [0.29, 0.717) is 6.04 Å². The van der Waals surface area contributed by atoms with Crippen molar-refractivity contribution in [2.24, 2.45) is 0 Å². The molecule has 5 nitrogen and oxygen atoms in total. The van der Waals surface area contributed by atoms with Crippen LogP contribution in [0.25, 0.3) is 0 Å². The second-order valence-corrected chi connectivity index (χ2v) is 5.25. The van der Waals surface area contributed by atoms with Crippen molar-refractivity contribution in [2.75, 3.05) is 13.6 Å². The van der Waals surface area contributed by atoms with Crippen molar-refractivity contribution >= 4 is 0 Å². The number of rotatable bonds is 7. The predicted molar refractivity (Wildman–Crippen MR) is 79.4 cm³/mol. The highest BCUT2D eigenvalue weighted by Gasteiger charge is 2.10. The number of hydrogen-bond acceptors (Lipinski definition) is 4. The summed E-state index contributed by atoms with van der Waals surface area (Å²) in [6.45, 7) is 6.37. The van der Waals surface area contributed by atoms with Gasteiger partial charge in [-0.15, -0.1) is 0 Å². The van der Waals surface area contributed by atoms with Crippen molar-refractivity contribution in [3.05, 3.63) is 42.5 Å². The van der Waals surface area contributed by atoms with E-state index in [-0.39, 0.29) is 0 Å². The molecule has 1 unspecified atom stereocenters. The number of hydrogen-bond donors (Lipinski definition) is 0. The van der Waals surface area contributed by atoms with Gasteiger partial charge in [0, 0.05) is 50.0 Å². The third-order valence-electron chi connectivity index (χ3n) is 3.71. The molecule has 1 atom stereocenters. The lowest BCUT2D eigenvalue weighted by atomic mass is 10.1. The van der Waals surface area contributed by atoms with E-state index in [0.717, 1.165) is 37.4 Å². The van der Waals surface area contributed by atoms with Crippen LogP contribution in [0.5, 0.6) is 0 Å². The van der Waals surface area contributed by atoms with E-state index in [4.69, 9.17) is 0 Å². The lowest BCUT2D eigenvalue weighted by Crippen LogP contribution is -2.32. The minimum Gasteiger partial charge on any atom is -0.335 e. The molecule has 0 amide bonds. The van der Waals surface area contributed by atoms with Gasteiger partial charge in [0.05, 0.1) is 5.69 Å². The van der Waals surface area contributed by atoms with Crippen LogP contribution in [-0.4, -0.2) is 44.1 Å². The van der Waals surface area contributed by atoms with Gasteiger partial charge in [0.1, 0.15) is 5.82 Å². The molecule has 108 valence electrons. The number of aromatic nitrogens is 4. The summed E-state index contributed by atoms with van der Waals surface area (Å²) in [5.41, 5.74) is 1.05. The van der Waals surface area contributed by atoms with Crippen molar-refractivity contribution in [3.8, 4) is 0 Å². The molecular formula is C15H23N5. The fraction of sp³-hybridized carbons (Fsp3) is 0.533. The molecule has 0 spiro atoms. The smallest absolute Gasteiger partial charge is 0.105 e. The highest BCUT2D eigenvalue weighted by Crippen LogP contribution is 2.05.